The molecule has 5 amide bonds. The van der Waals surface area contributed by atoms with E-state index in [-0.39, 0.29) is 36.2 Å². The maximum atomic E-state index is 13.4. The summed E-state index contributed by atoms with van der Waals surface area (Å²) < 4.78 is 13.0. The number of rotatable bonds is 12. The average Bonchev–Trinajstić information content (AvgIpc) is 3.50. The number of hydrogen-bond acceptors (Lipinski definition) is 12. The number of ether oxygens (including phenoxy) is 2. The molecule has 0 bridgehead atoms. The van der Waals surface area contributed by atoms with Crippen LogP contribution in [0.4, 0.5) is 5.82 Å². The number of nitrogens with zero attached hydrogens (tertiary/aromatic N) is 6. The molecule has 1 unspecified atom stereocenters. The van der Waals surface area contributed by atoms with Crippen molar-refractivity contribution in [3.8, 4) is 17.6 Å². The summed E-state index contributed by atoms with van der Waals surface area (Å²) in [6.07, 6.45) is 11.1. The molecular formula is C46H48N8O7. The maximum Gasteiger partial charge on any atom is 0.262 e. The second-order valence-corrected chi connectivity index (χ2v) is 17.1. The van der Waals surface area contributed by atoms with Gasteiger partial charge in [0.05, 0.1) is 40.0 Å². The van der Waals surface area contributed by atoms with Crippen LogP contribution in [0.25, 0.3) is 10.9 Å². The lowest BCUT2D eigenvalue weighted by molar-refractivity contribution is -0.136. The number of fused-ring (bicyclic) bond motifs is 2. The Morgan fingerprint density at radius 2 is 1.62 bits per heavy atom. The lowest BCUT2D eigenvalue weighted by Crippen LogP contribution is -2.54. The van der Waals surface area contributed by atoms with Crippen LogP contribution < -0.4 is 25.4 Å². The first-order valence-electron chi connectivity index (χ1n) is 21.3. The van der Waals surface area contributed by atoms with Gasteiger partial charge in [-0.25, -0.2) is 4.98 Å². The first-order chi connectivity index (χ1) is 29.6. The van der Waals surface area contributed by atoms with Gasteiger partial charge in [-0.05, 0) is 124 Å². The van der Waals surface area contributed by atoms with Crippen LogP contribution in [0.2, 0.25) is 0 Å². The van der Waals surface area contributed by atoms with Crippen molar-refractivity contribution in [2.45, 2.75) is 88.5 Å². The fraction of sp³-hybridized carbons (Fsp3) is 0.435. The molecule has 5 aliphatic rings. The van der Waals surface area contributed by atoms with Crippen LogP contribution in [0.15, 0.2) is 67.0 Å². The average molecular weight is 825 g/mol. The summed E-state index contributed by atoms with van der Waals surface area (Å²) in [4.78, 5) is 77.2. The molecule has 2 aromatic carbocycles. The minimum absolute atomic E-state index is 0.0269. The lowest BCUT2D eigenvalue weighted by atomic mass is 9.80. The van der Waals surface area contributed by atoms with Crippen LogP contribution >= 0.6 is 0 Å². The fourth-order valence-corrected chi connectivity index (χ4v) is 9.78. The highest BCUT2D eigenvalue weighted by Gasteiger charge is 2.45. The van der Waals surface area contributed by atoms with Crippen molar-refractivity contribution in [2.75, 3.05) is 31.1 Å². The van der Waals surface area contributed by atoms with Gasteiger partial charge in [-0.1, -0.05) is 0 Å². The Bertz CT molecular complexity index is 2410. The van der Waals surface area contributed by atoms with Crippen LogP contribution in [0.5, 0.6) is 11.5 Å². The predicted molar refractivity (Wildman–Crippen MR) is 223 cm³/mol. The largest absolute Gasteiger partial charge is 0.490 e. The number of carbonyl (C=O) groups excluding carboxylic acids is 5. The van der Waals surface area contributed by atoms with Crippen LogP contribution in [0.1, 0.15) is 101 Å². The normalized spacial score (nSPS) is 24.3. The highest BCUT2D eigenvalue weighted by atomic mass is 16.5. The maximum absolute atomic E-state index is 13.4. The Balaban J connectivity index is 0.829. The molecule has 2 saturated heterocycles. The third-order valence-electron chi connectivity index (χ3n) is 13.2. The number of pyridine rings is 2. The summed E-state index contributed by atoms with van der Waals surface area (Å²) in [7, 11) is 0. The second-order valence-electron chi connectivity index (χ2n) is 17.1. The van der Waals surface area contributed by atoms with Gasteiger partial charge in [0.1, 0.15) is 29.4 Å². The summed E-state index contributed by atoms with van der Waals surface area (Å²) >= 11 is 0. The van der Waals surface area contributed by atoms with E-state index in [2.05, 4.69) is 31.2 Å². The molecule has 61 heavy (non-hydrogen) atoms. The Kier molecular flexibility index (Phi) is 11.1. The fourth-order valence-electron chi connectivity index (χ4n) is 9.78. The number of aromatic nitrogens is 2. The Hall–Kier alpha value is -6.40. The molecule has 4 aromatic rings. The Morgan fingerprint density at radius 1 is 0.852 bits per heavy atom. The number of benzene rings is 2. The summed E-state index contributed by atoms with van der Waals surface area (Å²) in [6.45, 7) is 3.72. The van der Waals surface area contributed by atoms with Gasteiger partial charge < -0.3 is 20.1 Å². The van der Waals surface area contributed by atoms with Crippen molar-refractivity contribution in [3.63, 3.8) is 0 Å². The molecule has 1 atom stereocenters. The SMILES string of the molecule is N#Cc1ccc(OC2CCC(N(CC3CCN(c4ccc(C(N)=O)cn4)CC3)CC3CC(Oc4ccc5c(c4)C(=O)N(C4CCC(=O)NC4=O)C5=O)C3)CC2)c2cccnc12. The molecule has 9 rings (SSSR count). The van der Waals surface area contributed by atoms with Crippen molar-refractivity contribution in [1.29, 1.82) is 5.26 Å². The standard InChI is InChI=1S/C46H48N8O7/c47-23-29-3-12-39(36-2-1-17-49-42(29)36)61-32-7-5-31(6-8-32)53(25-27-15-18-52(19-16-27)40-13-4-30(24-50-40)43(48)56)26-28-20-34(21-28)60-33-9-10-35-37(22-33)46(59)54(45(35)58)38-11-14-41(55)51-44(38)57/h1-4,9-10,12-13,17,22,24,27-28,31-32,34,38H,5-8,11,14-16,18-21,25-26H2,(H2,48,56)(H,51,55,57). The molecule has 3 aliphatic heterocycles. The second kappa shape index (κ2) is 16.9. The van der Waals surface area contributed by atoms with Crippen molar-refractivity contribution in [1.82, 2.24) is 25.1 Å². The van der Waals surface area contributed by atoms with Gasteiger partial charge >= 0.3 is 0 Å². The number of primary amides is 1. The predicted octanol–water partition coefficient (Wildman–Crippen LogP) is 4.77. The van der Waals surface area contributed by atoms with Gasteiger partial charge in [-0.2, -0.15) is 5.26 Å². The van der Waals surface area contributed by atoms with Gasteiger partial charge in [-0.15, -0.1) is 0 Å². The van der Waals surface area contributed by atoms with Gasteiger partial charge in [0.25, 0.3) is 11.8 Å². The smallest absolute Gasteiger partial charge is 0.262 e. The summed E-state index contributed by atoms with van der Waals surface area (Å²) in [6, 6.07) is 17.6. The third-order valence-corrected chi connectivity index (χ3v) is 13.2. The molecule has 5 heterocycles. The lowest BCUT2D eigenvalue weighted by Gasteiger charge is -2.45. The van der Waals surface area contributed by atoms with E-state index in [1.165, 1.54) is 0 Å². The first-order valence-corrected chi connectivity index (χ1v) is 21.3. The zero-order valence-electron chi connectivity index (χ0n) is 33.8. The van der Waals surface area contributed by atoms with E-state index in [1.54, 1.807) is 42.7 Å². The van der Waals surface area contributed by atoms with E-state index in [0.717, 1.165) is 99.4 Å². The zero-order chi connectivity index (χ0) is 42.2. The number of piperidine rings is 2. The number of imide groups is 2. The monoisotopic (exact) mass is 824 g/mol. The molecule has 314 valence electrons. The van der Waals surface area contributed by atoms with Gasteiger partial charge in [0, 0.05) is 56.4 Å². The molecule has 0 radical (unpaired) electrons. The summed E-state index contributed by atoms with van der Waals surface area (Å²) in [5, 5.41) is 12.7. The zero-order valence-corrected chi connectivity index (χ0v) is 33.8. The van der Waals surface area contributed by atoms with Crippen molar-refractivity contribution in [3.05, 3.63) is 89.2 Å². The topological polar surface area (TPSA) is 201 Å². The van der Waals surface area contributed by atoms with Gasteiger partial charge in [0.15, 0.2) is 0 Å². The number of anilines is 1. The van der Waals surface area contributed by atoms with E-state index in [9.17, 15) is 29.2 Å². The molecule has 0 spiro atoms. The number of nitrogens with two attached hydrogens (primary N) is 1. The Labute approximate surface area is 353 Å². The number of nitriles is 1. The van der Waals surface area contributed by atoms with E-state index in [0.29, 0.717) is 40.3 Å². The van der Waals surface area contributed by atoms with E-state index < -0.39 is 35.6 Å². The summed E-state index contributed by atoms with van der Waals surface area (Å²) in [5.74, 6) is 0.473. The van der Waals surface area contributed by atoms with E-state index in [1.807, 2.05) is 24.3 Å². The number of nitrogens with one attached hydrogen (secondary N) is 1. The van der Waals surface area contributed by atoms with Gasteiger partial charge in [0.2, 0.25) is 17.7 Å². The summed E-state index contributed by atoms with van der Waals surface area (Å²) in [5.41, 5.74) is 7.46. The van der Waals surface area contributed by atoms with Crippen molar-refractivity contribution >= 4 is 46.3 Å². The molecular weight excluding hydrogens is 777 g/mol. The minimum atomic E-state index is -1.01. The highest BCUT2D eigenvalue weighted by molar-refractivity contribution is 6.23. The van der Waals surface area contributed by atoms with E-state index in [4.69, 9.17) is 15.2 Å². The number of hydrogen-bond donors (Lipinski definition) is 2. The number of carbonyl (C=O) groups is 5. The molecule has 2 saturated carbocycles. The van der Waals surface area contributed by atoms with Crippen molar-refractivity contribution in [2.24, 2.45) is 17.6 Å². The van der Waals surface area contributed by atoms with Crippen LogP contribution in [0, 0.1) is 23.2 Å². The van der Waals surface area contributed by atoms with Gasteiger partial charge in [-0.3, -0.25) is 44.1 Å². The first kappa shape index (κ1) is 40.0. The highest BCUT2D eigenvalue weighted by Crippen LogP contribution is 2.38. The minimum Gasteiger partial charge on any atom is -0.490 e. The van der Waals surface area contributed by atoms with Crippen LogP contribution in [-0.2, 0) is 9.59 Å². The van der Waals surface area contributed by atoms with Crippen LogP contribution in [-0.4, -0.2) is 99.8 Å². The van der Waals surface area contributed by atoms with Crippen molar-refractivity contribution < 1.29 is 33.4 Å². The van der Waals surface area contributed by atoms with Crippen LogP contribution in [0.3, 0.4) is 0 Å². The third kappa shape index (κ3) is 8.24. The quantitative estimate of drug-likeness (QED) is 0.186. The molecule has 15 heteroatoms. The molecule has 2 aliphatic carbocycles. The molecule has 2 aromatic heterocycles. The Morgan fingerprint density at radius 3 is 2.34 bits per heavy atom. The molecule has 4 fully saturated rings. The van der Waals surface area contributed by atoms with E-state index >= 15 is 0 Å². The molecule has 15 nitrogen and oxygen atoms in total. The molecule has 3 N–H and O–H groups in total. The number of amides is 5.